The van der Waals surface area contributed by atoms with E-state index in [1.54, 1.807) is 6.08 Å². The molecule has 1 unspecified atom stereocenters. The average Bonchev–Trinajstić information content (AvgIpc) is 2.16. The maximum atomic E-state index is 11.0. The summed E-state index contributed by atoms with van der Waals surface area (Å²) in [6.07, 6.45) is 1.76. The summed E-state index contributed by atoms with van der Waals surface area (Å²) >= 11 is 0. The van der Waals surface area contributed by atoms with Crippen LogP contribution in [0.3, 0.4) is 0 Å². The van der Waals surface area contributed by atoms with E-state index >= 15 is 0 Å². The molecule has 3 N–H and O–H groups in total. The zero-order valence-electron chi connectivity index (χ0n) is 7.79. The third-order valence-corrected chi connectivity index (χ3v) is 1.39. The van der Waals surface area contributed by atoms with Gasteiger partial charge in [0.1, 0.15) is 0 Å². The van der Waals surface area contributed by atoms with Gasteiger partial charge in [-0.1, -0.05) is 6.08 Å². The molecule has 0 aliphatic carbocycles. The van der Waals surface area contributed by atoms with E-state index in [1.807, 2.05) is 5.43 Å². The minimum absolute atomic E-state index is 0.195. The van der Waals surface area contributed by atoms with Crippen molar-refractivity contribution in [3.05, 3.63) is 12.7 Å². The van der Waals surface area contributed by atoms with Crippen LogP contribution in [0, 0.1) is 0 Å². The van der Waals surface area contributed by atoms with Crippen molar-refractivity contribution < 1.29 is 14.3 Å². The van der Waals surface area contributed by atoms with E-state index in [2.05, 4.69) is 6.58 Å². The summed E-state index contributed by atoms with van der Waals surface area (Å²) in [4.78, 5) is 11.0. The Labute approximate surface area is 77.9 Å². The van der Waals surface area contributed by atoms with Gasteiger partial charge in [-0.2, -0.15) is 0 Å². The highest BCUT2D eigenvalue weighted by atomic mass is 16.5. The van der Waals surface area contributed by atoms with Crippen LogP contribution in [-0.4, -0.2) is 32.3 Å². The molecule has 0 saturated carbocycles. The molecule has 76 valence electrons. The number of methoxy groups -OCH3 is 1. The van der Waals surface area contributed by atoms with Crippen molar-refractivity contribution in [3.8, 4) is 0 Å². The van der Waals surface area contributed by atoms with Crippen LogP contribution >= 0.6 is 0 Å². The van der Waals surface area contributed by atoms with E-state index in [0.29, 0.717) is 13.0 Å². The van der Waals surface area contributed by atoms with E-state index in [4.69, 9.17) is 15.3 Å². The maximum Gasteiger partial charge on any atom is 0.265 e. The molecule has 0 heterocycles. The molecule has 0 aromatic heterocycles. The fourth-order valence-electron chi connectivity index (χ4n) is 0.737. The Kier molecular flexibility index (Phi) is 7.18. The van der Waals surface area contributed by atoms with Gasteiger partial charge >= 0.3 is 0 Å². The number of carbonyl (C=O) groups excluding carboxylic acids is 1. The van der Waals surface area contributed by atoms with Gasteiger partial charge in [-0.3, -0.25) is 10.2 Å². The lowest BCUT2D eigenvalue weighted by Gasteiger charge is -2.14. The Balaban J connectivity index is 3.79. The van der Waals surface area contributed by atoms with E-state index in [-0.39, 0.29) is 12.5 Å². The average molecular weight is 188 g/mol. The summed E-state index contributed by atoms with van der Waals surface area (Å²) in [6, 6.07) is 0. The van der Waals surface area contributed by atoms with Crippen LogP contribution < -0.4 is 11.3 Å². The van der Waals surface area contributed by atoms with Crippen LogP contribution in [0.5, 0.6) is 0 Å². The molecule has 0 radical (unpaired) electrons. The van der Waals surface area contributed by atoms with Crippen LogP contribution in [0.25, 0.3) is 0 Å². The normalized spacial score (nSPS) is 12.2. The van der Waals surface area contributed by atoms with Gasteiger partial charge < -0.3 is 9.47 Å². The lowest BCUT2D eigenvalue weighted by Crippen LogP contribution is -2.42. The molecular formula is C8H16N2O3. The number of amides is 1. The van der Waals surface area contributed by atoms with Crippen molar-refractivity contribution in [1.29, 1.82) is 0 Å². The second-order valence-corrected chi connectivity index (χ2v) is 2.40. The van der Waals surface area contributed by atoms with Crippen LogP contribution in [0.4, 0.5) is 0 Å². The number of hydrogen-bond acceptors (Lipinski definition) is 4. The Hall–Kier alpha value is -0.910. The monoisotopic (exact) mass is 188 g/mol. The molecule has 0 aliphatic rings. The topological polar surface area (TPSA) is 73.6 Å². The minimum atomic E-state index is -0.644. The number of ether oxygens (including phenoxy) is 2. The largest absolute Gasteiger partial charge is 0.381 e. The standard InChI is InChI=1S/C8H16N2O3/c1-3-4-5-13-7(6-12-2)8(11)10-9/h3,7H,1,4-6,9H2,2H3,(H,10,11). The highest BCUT2D eigenvalue weighted by molar-refractivity contribution is 5.80. The molecular weight excluding hydrogens is 172 g/mol. The Bertz CT molecular complexity index is 161. The van der Waals surface area contributed by atoms with Crippen molar-refractivity contribution in [3.63, 3.8) is 0 Å². The van der Waals surface area contributed by atoms with Crippen molar-refractivity contribution in [2.75, 3.05) is 20.3 Å². The van der Waals surface area contributed by atoms with Crippen molar-refractivity contribution >= 4 is 5.91 Å². The highest BCUT2D eigenvalue weighted by Crippen LogP contribution is 1.95. The molecule has 0 spiro atoms. The number of rotatable bonds is 7. The molecule has 0 aliphatic heterocycles. The van der Waals surface area contributed by atoms with E-state index < -0.39 is 6.10 Å². The minimum Gasteiger partial charge on any atom is -0.381 e. The van der Waals surface area contributed by atoms with Crippen molar-refractivity contribution in [2.45, 2.75) is 12.5 Å². The molecule has 0 rings (SSSR count). The van der Waals surface area contributed by atoms with Crippen LogP contribution in [0.2, 0.25) is 0 Å². The molecule has 1 atom stereocenters. The molecule has 5 nitrogen and oxygen atoms in total. The van der Waals surface area contributed by atoms with Gasteiger partial charge in [0.05, 0.1) is 13.2 Å². The lowest BCUT2D eigenvalue weighted by molar-refractivity contribution is -0.136. The van der Waals surface area contributed by atoms with E-state index in [9.17, 15) is 4.79 Å². The fraction of sp³-hybridized carbons (Fsp3) is 0.625. The lowest BCUT2D eigenvalue weighted by atomic mass is 10.3. The zero-order valence-corrected chi connectivity index (χ0v) is 7.79. The summed E-state index contributed by atoms with van der Waals surface area (Å²) in [7, 11) is 1.49. The van der Waals surface area contributed by atoms with Crippen LogP contribution in [-0.2, 0) is 14.3 Å². The first kappa shape index (κ1) is 12.1. The summed E-state index contributed by atoms with van der Waals surface area (Å²) in [5, 5.41) is 0. The van der Waals surface area contributed by atoms with Gasteiger partial charge in [0, 0.05) is 7.11 Å². The Morgan fingerprint density at radius 2 is 2.46 bits per heavy atom. The summed E-state index contributed by atoms with van der Waals surface area (Å²) < 4.78 is 9.98. The SMILES string of the molecule is C=CCCOC(COC)C(=O)NN. The number of carbonyl (C=O) groups is 1. The third-order valence-electron chi connectivity index (χ3n) is 1.39. The first-order valence-corrected chi connectivity index (χ1v) is 3.98. The van der Waals surface area contributed by atoms with Gasteiger partial charge in [0.15, 0.2) is 6.10 Å². The van der Waals surface area contributed by atoms with Gasteiger partial charge in [-0.25, -0.2) is 5.84 Å². The molecule has 13 heavy (non-hydrogen) atoms. The number of hydrogen-bond donors (Lipinski definition) is 2. The van der Waals surface area contributed by atoms with Crippen molar-refractivity contribution in [2.24, 2.45) is 5.84 Å². The molecule has 5 heteroatoms. The van der Waals surface area contributed by atoms with Crippen molar-refractivity contribution in [1.82, 2.24) is 5.43 Å². The second kappa shape index (κ2) is 7.72. The van der Waals surface area contributed by atoms with Gasteiger partial charge in [0.25, 0.3) is 5.91 Å². The zero-order chi connectivity index (χ0) is 10.1. The first-order valence-electron chi connectivity index (χ1n) is 3.98. The van der Waals surface area contributed by atoms with Gasteiger partial charge in [0.2, 0.25) is 0 Å². The third kappa shape index (κ3) is 5.35. The fourth-order valence-corrected chi connectivity index (χ4v) is 0.737. The molecule has 0 aromatic carbocycles. The smallest absolute Gasteiger partial charge is 0.265 e. The first-order chi connectivity index (χ1) is 6.26. The highest BCUT2D eigenvalue weighted by Gasteiger charge is 2.16. The summed E-state index contributed by atoms with van der Waals surface area (Å²) in [5.41, 5.74) is 2.01. The summed E-state index contributed by atoms with van der Waals surface area (Å²) in [5.74, 6) is 4.57. The number of nitrogens with two attached hydrogens (primary N) is 1. The summed E-state index contributed by atoms with van der Waals surface area (Å²) in [6.45, 7) is 4.16. The molecule has 1 amide bonds. The Morgan fingerprint density at radius 1 is 1.77 bits per heavy atom. The molecule has 0 saturated heterocycles. The molecule has 0 aromatic rings. The van der Waals surface area contributed by atoms with Gasteiger partial charge in [-0.05, 0) is 6.42 Å². The Morgan fingerprint density at radius 3 is 2.92 bits per heavy atom. The van der Waals surface area contributed by atoms with Crippen LogP contribution in [0.1, 0.15) is 6.42 Å². The molecule has 0 bridgehead atoms. The van der Waals surface area contributed by atoms with E-state index in [0.717, 1.165) is 0 Å². The molecule has 0 fully saturated rings. The van der Waals surface area contributed by atoms with E-state index in [1.165, 1.54) is 7.11 Å². The second-order valence-electron chi connectivity index (χ2n) is 2.40. The maximum absolute atomic E-state index is 11.0. The number of nitrogens with one attached hydrogen (secondary N) is 1. The quantitative estimate of drug-likeness (QED) is 0.187. The van der Waals surface area contributed by atoms with Gasteiger partial charge in [-0.15, -0.1) is 6.58 Å². The number of hydrazine groups is 1. The predicted octanol–water partition coefficient (Wildman–Crippen LogP) is -0.416. The predicted molar refractivity (Wildman–Crippen MR) is 48.8 cm³/mol. The van der Waals surface area contributed by atoms with Crippen LogP contribution in [0.15, 0.2) is 12.7 Å².